The number of aryl methyl sites for hydroxylation is 2. The third-order valence-corrected chi connectivity index (χ3v) is 4.66. The number of aliphatic hydroxyl groups is 1. The second-order valence-electron chi connectivity index (χ2n) is 6.84. The summed E-state index contributed by atoms with van der Waals surface area (Å²) in [5, 5.41) is 31.4. The maximum absolute atomic E-state index is 9.66. The molecule has 0 fully saturated rings. The van der Waals surface area contributed by atoms with E-state index in [1.165, 1.54) is 6.20 Å². The van der Waals surface area contributed by atoms with Crippen LogP contribution in [0.4, 0.5) is 11.6 Å². The number of rotatable bonds is 5. The summed E-state index contributed by atoms with van der Waals surface area (Å²) in [7, 11) is 0. The van der Waals surface area contributed by atoms with E-state index in [1.807, 2.05) is 19.9 Å². The Labute approximate surface area is 177 Å². The van der Waals surface area contributed by atoms with Gasteiger partial charge >= 0.3 is 0 Å². The first-order valence-electron chi connectivity index (χ1n) is 9.32. The van der Waals surface area contributed by atoms with Gasteiger partial charge in [0, 0.05) is 6.20 Å². The largest absolute Gasteiger partial charge is 0.438 e. The number of pyridine rings is 1. The first-order chi connectivity index (χ1) is 15.0. The van der Waals surface area contributed by atoms with Crippen molar-refractivity contribution in [2.75, 3.05) is 5.32 Å². The molecule has 0 aliphatic carbocycles. The van der Waals surface area contributed by atoms with Crippen LogP contribution >= 0.6 is 0 Å². The van der Waals surface area contributed by atoms with Crippen LogP contribution in [0.1, 0.15) is 22.4 Å². The quantitative estimate of drug-likeness (QED) is 0.508. The van der Waals surface area contributed by atoms with Gasteiger partial charge in [-0.15, -0.1) is 0 Å². The number of anilines is 2. The Morgan fingerprint density at radius 2 is 1.87 bits per heavy atom. The summed E-state index contributed by atoms with van der Waals surface area (Å²) in [6, 6.07) is 12.6. The molecule has 0 spiro atoms. The molecule has 3 aromatic heterocycles. The summed E-state index contributed by atoms with van der Waals surface area (Å²) >= 11 is 0. The fourth-order valence-electron chi connectivity index (χ4n) is 3.22. The monoisotopic (exact) mass is 411 g/mol. The Kier molecular flexibility index (Phi) is 5.19. The molecule has 31 heavy (non-hydrogen) atoms. The van der Waals surface area contributed by atoms with Crippen molar-refractivity contribution in [2.24, 2.45) is 0 Å². The van der Waals surface area contributed by atoms with Crippen LogP contribution in [-0.2, 0) is 6.73 Å². The van der Waals surface area contributed by atoms with Crippen LogP contribution in [0, 0.1) is 36.5 Å². The van der Waals surface area contributed by atoms with E-state index < -0.39 is 0 Å². The van der Waals surface area contributed by atoms with Crippen molar-refractivity contribution in [3.8, 4) is 23.8 Å². The molecule has 0 aliphatic rings. The molecule has 4 aromatic rings. The van der Waals surface area contributed by atoms with Gasteiger partial charge in [-0.3, -0.25) is 0 Å². The molecule has 0 bridgehead atoms. The van der Waals surface area contributed by atoms with Crippen LogP contribution < -0.4 is 10.1 Å². The number of hydrogen-bond donors (Lipinski definition) is 2. The van der Waals surface area contributed by atoms with E-state index in [4.69, 9.17) is 10.00 Å². The molecule has 9 nitrogen and oxygen atoms in total. The molecule has 0 atom stereocenters. The van der Waals surface area contributed by atoms with Crippen molar-refractivity contribution >= 4 is 22.7 Å². The average molecular weight is 411 g/mol. The van der Waals surface area contributed by atoms with Gasteiger partial charge in [-0.2, -0.15) is 20.5 Å². The lowest BCUT2D eigenvalue weighted by atomic mass is 10.1. The van der Waals surface area contributed by atoms with Crippen molar-refractivity contribution in [1.29, 1.82) is 10.5 Å². The van der Waals surface area contributed by atoms with Crippen LogP contribution in [0.5, 0.6) is 11.6 Å². The molecular formula is C22H17N7O2. The number of aromatic nitrogens is 4. The summed E-state index contributed by atoms with van der Waals surface area (Å²) in [5.41, 5.74) is 3.54. The molecular weight excluding hydrogens is 394 g/mol. The Bertz CT molecular complexity index is 1340. The number of nitriles is 2. The Morgan fingerprint density at radius 3 is 2.48 bits per heavy atom. The summed E-state index contributed by atoms with van der Waals surface area (Å²) in [6.45, 7) is 3.47. The minimum atomic E-state index is -0.257. The first-order valence-corrected chi connectivity index (χ1v) is 9.32. The van der Waals surface area contributed by atoms with Crippen LogP contribution in [0.25, 0.3) is 11.0 Å². The second kappa shape index (κ2) is 8.11. The number of fused-ring (bicyclic) bond motifs is 1. The standard InChI is InChI=1S/C22H17N7O2/c1-13-7-15(9-23)8-14(2)19(13)31-21-18-5-6-29(12-30)20(18)27-22(28-21)26-17-4-3-16(10-24)25-11-17/h3-8,11,30H,12H2,1-2H3,(H,26,27,28). The number of nitrogens with zero attached hydrogens (tertiary/aromatic N) is 6. The van der Waals surface area contributed by atoms with Crippen molar-refractivity contribution in [3.05, 3.63) is 65.1 Å². The highest BCUT2D eigenvalue weighted by Crippen LogP contribution is 2.34. The predicted molar refractivity (Wildman–Crippen MR) is 113 cm³/mol. The Balaban J connectivity index is 1.78. The van der Waals surface area contributed by atoms with Gasteiger partial charge in [-0.25, -0.2) is 4.98 Å². The average Bonchev–Trinajstić information content (AvgIpc) is 3.19. The number of aliphatic hydroxyl groups excluding tert-OH is 1. The third-order valence-electron chi connectivity index (χ3n) is 4.66. The molecule has 1 aromatic carbocycles. The number of hydrogen-bond acceptors (Lipinski definition) is 8. The van der Waals surface area contributed by atoms with Gasteiger partial charge in [0.05, 0.1) is 28.9 Å². The smallest absolute Gasteiger partial charge is 0.233 e. The fourth-order valence-corrected chi connectivity index (χ4v) is 3.22. The lowest BCUT2D eigenvalue weighted by Crippen LogP contribution is -2.04. The minimum absolute atomic E-state index is 0.242. The zero-order valence-corrected chi connectivity index (χ0v) is 16.8. The van der Waals surface area contributed by atoms with Gasteiger partial charge in [0.15, 0.2) is 5.65 Å². The summed E-state index contributed by atoms with van der Waals surface area (Å²) in [6.07, 6.45) is 3.20. The summed E-state index contributed by atoms with van der Waals surface area (Å²) < 4.78 is 7.73. The molecule has 4 rings (SSSR count). The van der Waals surface area contributed by atoms with Crippen molar-refractivity contribution in [3.63, 3.8) is 0 Å². The van der Waals surface area contributed by atoms with Crippen LogP contribution in [-0.4, -0.2) is 24.6 Å². The maximum Gasteiger partial charge on any atom is 0.233 e. The van der Waals surface area contributed by atoms with E-state index in [9.17, 15) is 10.4 Å². The van der Waals surface area contributed by atoms with Gasteiger partial charge in [0.1, 0.15) is 24.2 Å². The molecule has 152 valence electrons. The van der Waals surface area contributed by atoms with Gasteiger partial charge < -0.3 is 19.7 Å². The maximum atomic E-state index is 9.66. The molecule has 0 saturated carbocycles. The Morgan fingerprint density at radius 1 is 1.10 bits per heavy atom. The minimum Gasteiger partial charge on any atom is -0.438 e. The van der Waals surface area contributed by atoms with Crippen molar-refractivity contribution < 1.29 is 9.84 Å². The molecule has 2 N–H and O–H groups in total. The lowest BCUT2D eigenvalue weighted by molar-refractivity contribution is 0.215. The molecule has 0 amide bonds. The highest BCUT2D eigenvalue weighted by molar-refractivity contribution is 5.83. The van der Waals surface area contributed by atoms with Gasteiger partial charge in [0.2, 0.25) is 11.8 Å². The van der Waals surface area contributed by atoms with Gasteiger partial charge in [-0.1, -0.05) is 0 Å². The third kappa shape index (κ3) is 3.86. The fraction of sp³-hybridized carbons (Fsp3) is 0.136. The molecule has 0 saturated heterocycles. The zero-order valence-electron chi connectivity index (χ0n) is 16.8. The van der Waals surface area contributed by atoms with Crippen LogP contribution in [0.2, 0.25) is 0 Å². The van der Waals surface area contributed by atoms with E-state index >= 15 is 0 Å². The molecule has 0 radical (unpaired) electrons. The highest BCUT2D eigenvalue weighted by Gasteiger charge is 2.16. The lowest BCUT2D eigenvalue weighted by Gasteiger charge is -2.14. The summed E-state index contributed by atoms with van der Waals surface area (Å²) in [4.78, 5) is 13.0. The second-order valence-corrected chi connectivity index (χ2v) is 6.84. The van der Waals surface area contributed by atoms with E-state index in [0.717, 1.165) is 11.1 Å². The van der Waals surface area contributed by atoms with Crippen LogP contribution in [0.3, 0.4) is 0 Å². The highest BCUT2D eigenvalue weighted by atomic mass is 16.5. The topological polar surface area (TPSA) is 133 Å². The number of ether oxygens (including phenoxy) is 1. The van der Waals surface area contributed by atoms with E-state index in [-0.39, 0.29) is 12.7 Å². The van der Waals surface area contributed by atoms with Crippen LogP contribution in [0.15, 0.2) is 42.7 Å². The molecule has 0 unspecified atom stereocenters. The van der Waals surface area contributed by atoms with E-state index in [2.05, 4.69) is 26.3 Å². The molecule has 3 heterocycles. The SMILES string of the molecule is Cc1cc(C#N)cc(C)c1Oc1nc(Nc2ccc(C#N)nc2)nc2c1ccn2CO. The number of nitrogens with one attached hydrogen (secondary N) is 1. The summed E-state index contributed by atoms with van der Waals surface area (Å²) in [5.74, 6) is 1.14. The van der Waals surface area contributed by atoms with Crippen molar-refractivity contribution in [2.45, 2.75) is 20.6 Å². The zero-order chi connectivity index (χ0) is 22.0. The van der Waals surface area contributed by atoms with Gasteiger partial charge in [0.25, 0.3) is 0 Å². The normalized spacial score (nSPS) is 10.5. The number of benzene rings is 1. The van der Waals surface area contributed by atoms with Crippen molar-refractivity contribution in [1.82, 2.24) is 19.5 Å². The van der Waals surface area contributed by atoms with E-state index in [0.29, 0.717) is 39.6 Å². The molecule has 9 heteroatoms. The predicted octanol–water partition coefficient (Wildman–Crippen LogP) is 3.67. The van der Waals surface area contributed by atoms with E-state index in [1.54, 1.807) is 41.1 Å². The Hall–Kier alpha value is -4.47. The molecule has 0 aliphatic heterocycles. The van der Waals surface area contributed by atoms with Gasteiger partial charge in [-0.05, 0) is 55.3 Å². The first kappa shape index (κ1) is 19.8.